The highest BCUT2D eigenvalue weighted by Gasteiger charge is 2.35. The summed E-state index contributed by atoms with van der Waals surface area (Å²) >= 11 is 5.99. The fourth-order valence-corrected chi connectivity index (χ4v) is 1.76. The molecule has 0 aliphatic rings. The monoisotopic (exact) mass is 206 g/mol. The molecule has 2 N–H and O–H groups in total. The van der Waals surface area contributed by atoms with Crippen molar-refractivity contribution in [2.75, 3.05) is 13.2 Å². The summed E-state index contributed by atoms with van der Waals surface area (Å²) in [4.78, 5) is 0. The highest BCUT2D eigenvalue weighted by atomic mass is 35.5. The van der Waals surface area contributed by atoms with Crippen LogP contribution in [0.1, 0.15) is 20.3 Å². The fraction of sp³-hybridized carbons (Fsp3) is 0.800. The molecular weight excluding hydrogens is 188 g/mol. The molecule has 1 atom stereocenters. The van der Waals surface area contributed by atoms with E-state index in [1.807, 2.05) is 13.8 Å². The largest absolute Gasteiger partial charge is 0.396 e. The van der Waals surface area contributed by atoms with E-state index in [2.05, 4.69) is 6.58 Å². The van der Waals surface area contributed by atoms with Gasteiger partial charge in [0.15, 0.2) is 0 Å². The molecule has 0 aromatic carbocycles. The molecule has 0 spiro atoms. The molecule has 3 heteroatoms. The number of aliphatic hydroxyl groups is 2. The van der Waals surface area contributed by atoms with Crippen LogP contribution in [0, 0.1) is 11.3 Å². The van der Waals surface area contributed by atoms with Crippen LogP contribution < -0.4 is 0 Å². The van der Waals surface area contributed by atoms with E-state index in [0.29, 0.717) is 12.3 Å². The van der Waals surface area contributed by atoms with E-state index in [1.165, 1.54) is 0 Å². The van der Waals surface area contributed by atoms with Gasteiger partial charge in [0.05, 0.1) is 18.6 Å². The normalized spacial score (nSPS) is 14.6. The minimum absolute atomic E-state index is 0.109. The Morgan fingerprint density at radius 1 is 1.38 bits per heavy atom. The van der Waals surface area contributed by atoms with Crippen molar-refractivity contribution in [2.24, 2.45) is 11.3 Å². The topological polar surface area (TPSA) is 40.5 Å². The maximum Gasteiger partial charge on any atom is 0.0613 e. The van der Waals surface area contributed by atoms with Crippen LogP contribution in [-0.2, 0) is 0 Å². The Hall–Kier alpha value is -0.0500. The van der Waals surface area contributed by atoms with Crippen molar-refractivity contribution in [2.45, 2.75) is 25.6 Å². The highest BCUT2D eigenvalue weighted by Crippen LogP contribution is 2.33. The lowest BCUT2D eigenvalue weighted by atomic mass is 9.78. The first-order valence-corrected chi connectivity index (χ1v) is 4.94. The molecule has 0 fully saturated rings. The predicted molar refractivity (Wildman–Crippen MR) is 55.9 cm³/mol. The van der Waals surface area contributed by atoms with Crippen LogP contribution in [0.25, 0.3) is 0 Å². The average molecular weight is 207 g/mol. The zero-order valence-corrected chi connectivity index (χ0v) is 9.09. The Morgan fingerprint density at radius 3 is 2.08 bits per heavy atom. The number of allylic oxidation sites excluding steroid dienone is 1. The molecule has 0 saturated carbocycles. The number of alkyl halides is 1. The van der Waals surface area contributed by atoms with E-state index in [9.17, 15) is 10.2 Å². The first-order chi connectivity index (χ1) is 6.02. The summed E-state index contributed by atoms with van der Waals surface area (Å²) in [5.74, 6) is 0.389. The average Bonchev–Trinajstić information content (AvgIpc) is 2.12. The van der Waals surface area contributed by atoms with E-state index in [0.717, 1.165) is 0 Å². The van der Waals surface area contributed by atoms with Gasteiger partial charge in [-0.15, -0.1) is 18.2 Å². The second kappa shape index (κ2) is 5.63. The van der Waals surface area contributed by atoms with Gasteiger partial charge in [0, 0.05) is 5.41 Å². The lowest BCUT2D eigenvalue weighted by Crippen LogP contribution is -2.39. The molecule has 0 radical (unpaired) electrons. The summed E-state index contributed by atoms with van der Waals surface area (Å²) in [6.07, 6.45) is 2.26. The maximum atomic E-state index is 9.23. The van der Waals surface area contributed by atoms with E-state index in [1.54, 1.807) is 6.08 Å². The van der Waals surface area contributed by atoms with Gasteiger partial charge in [-0.05, 0) is 12.3 Å². The first-order valence-electron chi connectivity index (χ1n) is 4.50. The molecule has 13 heavy (non-hydrogen) atoms. The minimum atomic E-state index is -0.628. The smallest absolute Gasteiger partial charge is 0.0613 e. The molecule has 0 aliphatic heterocycles. The second-order valence-corrected chi connectivity index (χ2v) is 4.38. The SMILES string of the molecule is C=CC(Cl)C(CO)(CO)CC(C)C. The molecule has 0 aliphatic carbocycles. The summed E-state index contributed by atoms with van der Waals surface area (Å²) in [6, 6.07) is 0. The van der Waals surface area contributed by atoms with Gasteiger partial charge in [0.1, 0.15) is 0 Å². The molecule has 2 nitrogen and oxygen atoms in total. The molecule has 0 aromatic rings. The molecule has 0 saturated heterocycles. The van der Waals surface area contributed by atoms with Crippen LogP contribution in [0.5, 0.6) is 0 Å². The Morgan fingerprint density at radius 2 is 1.85 bits per heavy atom. The molecule has 1 unspecified atom stereocenters. The Bertz CT molecular complexity index is 153. The van der Waals surface area contributed by atoms with Crippen molar-refractivity contribution in [3.8, 4) is 0 Å². The van der Waals surface area contributed by atoms with E-state index in [-0.39, 0.29) is 18.6 Å². The van der Waals surface area contributed by atoms with Crippen molar-refractivity contribution < 1.29 is 10.2 Å². The summed E-state index contributed by atoms with van der Waals surface area (Å²) in [6.45, 7) is 7.43. The molecule has 0 heterocycles. The standard InChI is InChI=1S/C10H19ClO2/c1-4-9(11)10(6-12,7-13)5-8(2)3/h4,8-9,12-13H,1,5-7H2,2-3H3. The van der Waals surface area contributed by atoms with Crippen molar-refractivity contribution in [3.05, 3.63) is 12.7 Å². The van der Waals surface area contributed by atoms with Gasteiger partial charge in [0.2, 0.25) is 0 Å². The van der Waals surface area contributed by atoms with Crippen LogP contribution in [-0.4, -0.2) is 28.8 Å². The predicted octanol–water partition coefficient (Wildman–Crippen LogP) is 1.80. The van der Waals surface area contributed by atoms with Crippen LogP contribution in [0.4, 0.5) is 0 Å². The molecule has 78 valence electrons. The Labute approximate surface area is 85.2 Å². The molecule has 0 amide bonds. The zero-order chi connectivity index (χ0) is 10.5. The summed E-state index contributed by atoms with van der Waals surface area (Å²) in [7, 11) is 0. The Balaban J connectivity index is 4.57. The number of aliphatic hydroxyl groups excluding tert-OH is 2. The lowest BCUT2D eigenvalue weighted by Gasteiger charge is -2.34. The third-order valence-electron chi connectivity index (χ3n) is 2.24. The summed E-state index contributed by atoms with van der Waals surface area (Å²) in [5.41, 5.74) is -0.628. The lowest BCUT2D eigenvalue weighted by molar-refractivity contribution is 0.0420. The summed E-state index contributed by atoms with van der Waals surface area (Å²) < 4.78 is 0. The maximum absolute atomic E-state index is 9.23. The van der Waals surface area contributed by atoms with Crippen molar-refractivity contribution >= 4 is 11.6 Å². The van der Waals surface area contributed by atoms with E-state index in [4.69, 9.17) is 11.6 Å². The third-order valence-corrected chi connectivity index (χ3v) is 2.88. The van der Waals surface area contributed by atoms with Crippen LogP contribution in [0.2, 0.25) is 0 Å². The van der Waals surface area contributed by atoms with Gasteiger partial charge in [-0.25, -0.2) is 0 Å². The minimum Gasteiger partial charge on any atom is -0.396 e. The van der Waals surface area contributed by atoms with E-state index < -0.39 is 5.41 Å². The molecular formula is C10H19ClO2. The number of rotatable bonds is 6. The number of halogens is 1. The molecule has 0 bridgehead atoms. The van der Waals surface area contributed by atoms with Gasteiger partial charge >= 0.3 is 0 Å². The third kappa shape index (κ3) is 3.29. The second-order valence-electron chi connectivity index (χ2n) is 3.91. The first kappa shape index (κ1) is 12.9. The summed E-state index contributed by atoms with van der Waals surface area (Å²) in [5, 5.41) is 18.1. The van der Waals surface area contributed by atoms with Gasteiger partial charge < -0.3 is 10.2 Å². The van der Waals surface area contributed by atoms with Gasteiger partial charge in [-0.2, -0.15) is 0 Å². The number of hydrogen-bond acceptors (Lipinski definition) is 2. The molecule has 0 aromatic heterocycles. The van der Waals surface area contributed by atoms with Gasteiger partial charge in [-0.1, -0.05) is 19.9 Å². The van der Waals surface area contributed by atoms with Crippen LogP contribution in [0.15, 0.2) is 12.7 Å². The van der Waals surface area contributed by atoms with Gasteiger partial charge in [0.25, 0.3) is 0 Å². The van der Waals surface area contributed by atoms with Gasteiger partial charge in [-0.3, -0.25) is 0 Å². The quantitative estimate of drug-likeness (QED) is 0.514. The fourth-order valence-electron chi connectivity index (χ4n) is 1.53. The van der Waals surface area contributed by atoms with Crippen molar-refractivity contribution in [1.29, 1.82) is 0 Å². The van der Waals surface area contributed by atoms with Crippen LogP contribution in [0.3, 0.4) is 0 Å². The van der Waals surface area contributed by atoms with Crippen LogP contribution >= 0.6 is 11.6 Å². The molecule has 0 rings (SSSR count). The number of hydrogen-bond donors (Lipinski definition) is 2. The zero-order valence-electron chi connectivity index (χ0n) is 8.33. The highest BCUT2D eigenvalue weighted by molar-refractivity contribution is 6.22. The van der Waals surface area contributed by atoms with Crippen molar-refractivity contribution in [1.82, 2.24) is 0 Å². The van der Waals surface area contributed by atoms with E-state index >= 15 is 0 Å². The Kier molecular flexibility index (Phi) is 5.61. The van der Waals surface area contributed by atoms with Crippen molar-refractivity contribution in [3.63, 3.8) is 0 Å².